The third-order valence-electron chi connectivity index (χ3n) is 8.87. The summed E-state index contributed by atoms with van der Waals surface area (Å²) < 4.78 is 11.2. The minimum Gasteiger partial charge on any atom is -0.507 e. The van der Waals surface area contributed by atoms with Crippen molar-refractivity contribution in [2.75, 3.05) is 67.7 Å². The molecular weight excluding hydrogens is 620 g/mol. The molecule has 7 heterocycles. The minimum atomic E-state index is -0.302. The Morgan fingerprint density at radius 2 is 1.47 bits per heavy atom. The first-order valence-electron chi connectivity index (χ1n) is 16.4. The Bertz CT molecular complexity index is 2150. The zero-order valence-corrected chi connectivity index (χ0v) is 27.5. The predicted molar refractivity (Wildman–Crippen MR) is 192 cm³/mol. The number of aromatic amines is 1. The van der Waals surface area contributed by atoms with Crippen molar-refractivity contribution in [3.63, 3.8) is 0 Å². The summed E-state index contributed by atoms with van der Waals surface area (Å²) >= 11 is 0. The van der Waals surface area contributed by atoms with Gasteiger partial charge in [0.25, 0.3) is 5.56 Å². The van der Waals surface area contributed by atoms with Gasteiger partial charge in [0.2, 0.25) is 0 Å². The van der Waals surface area contributed by atoms with Gasteiger partial charge in [-0.15, -0.1) is 0 Å². The molecule has 0 atom stereocenters. The molecule has 250 valence electrons. The van der Waals surface area contributed by atoms with Crippen molar-refractivity contribution in [3.8, 4) is 17.1 Å². The molecule has 2 saturated heterocycles. The van der Waals surface area contributed by atoms with Gasteiger partial charge < -0.3 is 34.7 Å². The molecule has 12 heteroatoms. The number of anilines is 4. The van der Waals surface area contributed by atoms with Crippen LogP contribution in [0.15, 0.2) is 84.0 Å². The topological polar surface area (TPSA) is 142 Å². The van der Waals surface area contributed by atoms with E-state index in [-0.39, 0.29) is 11.3 Å². The van der Waals surface area contributed by atoms with Gasteiger partial charge in [-0.3, -0.25) is 9.78 Å². The summed E-state index contributed by atoms with van der Waals surface area (Å²) in [6.07, 6.45) is 5.15. The second-order valence-corrected chi connectivity index (χ2v) is 11.9. The molecular formula is C37H38N8O4. The quantitative estimate of drug-likeness (QED) is 0.221. The van der Waals surface area contributed by atoms with Gasteiger partial charge in [0.1, 0.15) is 11.4 Å². The third kappa shape index (κ3) is 6.73. The van der Waals surface area contributed by atoms with Crippen LogP contribution in [0.25, 0.3) is 33.5 Å². The van der Waals surface area contributed by atoms with Crippen molar-refractivity contribution < 1.29 is 14.6 Å². The Morgan fingerprint density at radius 3 is 2.20 bits per heavy atom. The van der Waals surface area contributed by atoms with Crippen LogP contribution in [-0.2, 0) is 9.47 Å². The molecule has 0 radical (unpaired) electrons. The van der Waals surface area contributed by atoms with Crippen LogP contribution in [0, 0.1) is 13.8 Å². The van der Waals surface area contributed by atoms with Crippen molar-refractivity contribution in [1.82, 2.24) is 24.9 Å². The highest BCUT2D eigenvalue weighted by Gasteiger charge is 2.21. The van der Waals surface area contributed by atoms with E-state index in [0.717, 1.165) is 86.3 Å². The number of ether oxygens (including phenoxy) is 2. The zero-order chi connectivity index (χ0) is 33.7. The van der Waals surface area contributed by atoms with Gasteiger partial charge in [-0.1, -0.05) is 6.07 Å². The number of benzene rings is 1. The lowest BCUT2D eigenvalue weighted by Gasteiger charge is -2.33. The highest BCUT2D eigenvalue weighted by Crippen LogP contribution is 2.39. The number of hydrogen-bond donors (Lipinski definition) is 3. The number of morpholine rings is 2. The molecule has 2 aliphatic rings. The highest BCUT2D eigenvalue weighted by molar-refractivity contribution is 5.97. The Labute approximate surface area is 283 Å². The Balaban J connectivity index is 0.000000244. The lowest BCUT2D eigenvalue weighted by Crippen LogP contribution is -2.37. The first kappa shape index (κ1) is 32.0. The lowest BCUT2D eigenvalue weighted by atomic mass is 10.1. The largest absolute Gasteiger partial charge is 0.507 e. The summed E-state index contributed by atoms with van der Waals surface area (Å²) in [6, 6.07) is 20.1. The number of nitrogens with one attached hydrogen (secondary N) is 2. The van der Waals surface area contributed by atoms with Crippen molar-refractivity contribution >= 4 is 44.8 Å². The van der Waals surface area contributed by atoms with Gasteiger partial charge in [-0.25, -0.2) is 15.0 Å². The van der Waals surface area contributed by atoms with Crippen LogP contribution in [0.3, 0.4) is 0 Å². The van der Waals surface area contributed by atoms with Gasteiger partial charge >= 0.3 is 0 Å². The molecule has 6 aromatic rings. The molecule has 0 amide bonds. The Hall–Kier alpha value is -5.59. The molecule has 1 aromatic carbocycles. The molecule has 5 aromatic heterocycles. The maximum absolute atomic E-state index is 11.2. The van der Waals surface area contributed by atoms with E-state index in [1.807, 2.05) is 24.3 Å². The fraction of sp³-hybridized carbons (Fsp3) is 0.270. The van der Waals surface area contributed by atoms with Gasteiger partial charge in [0.15, 0.2) is 5.65 Å². The monoisotopic (exact) mass is 658 g/mol. The van der Waals surface area contributed by atoms with Crippen molar-refractivity contribution in [2.24, 2.45) is 0 Å². The van der Waals surface area contributed by atoms with E-state index in [2.05, 4.69) is 66.2 Å². The average Bonchev–Trinajstić information content (AvgIpc) is 3.16. The van der Waals surface area contributed by atoms with Gasteiger partial charge in [0, 0.05) is 61.4 Å². The smallest absolute Gasteiger partial charge is 0.256 e. The van der Waals surface area contributed by atoms with Crippen LogP contribution in [-0.4, -0.2) is 82.6 Å². The van der Waals surface area contributed by atoms with Crippen LogP contribution in [0.4, 0.5) is 22.7 Å². The normalized spacial score (nSPS) is 14.8. The molecule has 0 unspecified atom stereocenters. The van der Waals surface area contributed by atoms with E-state index in [9.17, 15) is 9.90 Å². The molecule has 0 saturated carbocycles. The maximum Gasteiger partial charge on any atom is 0.256 e. The summed E-state index contributed by atoms with van der Waals surface area (Å²) in [5, 5.41) is 15.0. The summed E-state index contributed by atoms with van der Waals surface area (Å²) in [7, 11) is 0. The summed E-state index contributed by atoms with van der Waals surface area (Å²) in [5.74, 6) is 0.00634. The first-order chi connectivity index (χ1) is 24.0. The number of H-pyrrole nitrogens is 1. The molecule has 8 rings (SSSR count). The van der Waals surface area contributed by atoms with Gasteiger partial charge in [0.05, 0.1) is 65.8 Å². The van der Waals surface area contributed by atoms with E-state index in [1.165, 1.54) is 11.4 Å². The number of aromatic nitrogens is 5. The van der Waals surface area contributed by atoms with Gasteiger partial charge in [-0.05, 0) is 68.4 Å². The number of hydrogen-bond acceptors (Lipinski definition) is 11. The summed E-state index contributed by atoms with van der Waals surface area (Å²) in [6.45, 7) is 10.1. The van der Waals surface area contributed by atoms with Gasteiger partial charge in [-0.2, -0.15) is 0 Å². The molecule has 0 aliphatic carbocycles. The van der Waals surface area contributed by atoms with E-state index >= 15 is 0 Å². The Morgan fingerprint density at radius 1 is 0.776 bits per heavy atom. The number of rotatable bonds is 5. The van der Waals surface area contributed by atoms with E-state index in [1.54, 1.807) is 37.6 Å². The highest BCUT2D eigenvalue weighted by atomic mass is 16.5. The minimum absolute atomic E-state index is 0.00634. The van der Waals surface area contributed by atoms with Crippen LogP contribution in [0.1, 0.15) is 11.1 Å². The fourth-order valence-corrected chi connectivity index (χ4v) is 6.17. The zero-order valence-electron chi connectivity index (χ0n) is 27.5. The van der Waals surface area contributed by atoms with Crippen molar-refractivity contribution in [2.45, 2.75) is 13.8 Å². The average molecular weight is 659 g/mol. The van der Waals surface area contributed by atoms with Crippen LogP contribution >= 0.6 is 0 Å². The van der Waals surface area contributed by atoms with Crippen molar-refractivity contribution in [3.05, 3.63) is 101 Å². The maximum atomic E-state index is 11.2. The summed E-state index contributed by atoms with van der Waals surface area (Å²) in [5.41, 5.74) is 8.26. The second-order valence-electron chi connectivity index (χ2n) is 11.9. The van der Waals surface area contributed by atoms with E-state index < -0.39 is 0 Å². The molecule has 2 fully saturated rings. The second kappa shape index (κ2) is 14.3. The molecule has 0 spiro atoms. The van der Waals surface area contributed by atoms with Crippen LogP contribution in [0.5, 0.6) is 5.75 Å². The number of fused-ring (bicyclic) bond motifs is 2. The predicted octanol–water partition coefficient (Wildman–Crippen LogP) is 5.35. The molecule has 2 aliphatic heterocycles. The molecule has 12 nitrogen and oxygen atoms in total. The van der Waals surface area contributed by atoms with Crippen LogP contribution in [0.2, 0.25) is 0 Å². The molecule has 49 heavy (non-hydrogen) atoms. The standard InChI is InChI=1S/C28H30N6O2.C9H8N2O2/c1-20-26(22-5-4-10-30-28(22)32-27(20)23-6-2-3-9-29-23)31-24-19-21(33-11-15-35-16-12-33)7-8-25(24)34-13-17-36-18-14-34;1-5-7(12)6-3-2-4-10-8(6)11-9(5)13/h2-10,19H,11-18H2,1H3,(H,30,31,32);2-4H,1H3,(H2,10,11,12,13). The summed E-state index contributed by atoms with van der Waals surface area (Å²) in [4.78, 5) is 36.5. The number of nitrogens with zero attached hydrogens (tertiary/aromatic N) is 6. The lowest BCUT2D eigenvalue weighted by molar-refractivity contribution is 0.122. The number of aromatic hydroxyl groups is 1. The van der Waals surface area contributed by atoms with Crippen molar-refractivity contribution in [1.29, 1.82) is 0 Å². The molecule has 3 N–H and O–H groups in total. The third-order valence-corrected chi connectivity index (χ3v) is 8.87. The van der Waals surface area contributed by atoms with E-state index in [4.69, 9.17) is 14.5 Å². The van der Waals surface area contributed by atoms with E-state index in [0.29, 0.717) is 22.2 Å². The number of pyridine rings is 5. The Kier molecular flexibility index (Phi) is 9.31. The SMILES string of the molecule is Cc1c(-c2ccccn2)nc2ncccc2c1Nc1cc(N2CCOCC2)ccc1N1CCOCC1.Cc1c(O)c2cccnc2[nH]c1=O. The molecule has 0 bridgehead atoms. The first-order valence-corrected chi connectivity index (χ1v) is 16.4. The fourth-order valence-electron chi connectivity index (χ4n) is 6.17. The van der Waals surface area contributed by atoms with Crippen LogP contribution < -0.4 is 20.7 Å².